The summed E-state index contributed by atoms with van der Waals surface area (Å²) >= 11 is 5.90. The van der Waals surface area contributed by atoms with Crippen molar-refractivity contribution in [3.63, 3.8) is 0 Å². The third-order valence-electron chi connectivity index (χ3n) is 3.28. The van der Waals surface area contributed by atoms with Crippen molar-refractivity contribution in [2.45, 2.75) is 12.8 Å². The van der Waals surface area contributed by atoms with Gasteiger partial charge in [0.25, 0.3) is 0 Å². The number of rotatable bonds is 1. The van der Waals surface area contributed by atoms with Gasteiger partial charge in [-0.1, -0.05) is 0 Å². The fourth-order valence-electron chi connectivity index (χ4n) is 2.12. The van der Waals surface area contributed by atoms with E-state index in [4.69, 9.17) is 0 Å². The van der Waals surface area contributed by atoms with Crippen LogP contribution in [-0.4, -0.2) is 13.1 Å². The van der Waals surface area contributed by atoms with E-state index in [2.05, 4.69) is 61.6 Å². The van der Waals surface area contributed by atoms with E-state index in [0.29, 0.717) is 0 Å². The van der Waals surface area contributed by atoms with Crippen LogP contribution in [0.1, 0.15) is 12.8 Å². The fourth-order valence-corrected chi connectivity index (χ4v) is 2.87. The van der Waals surface area contributed by atoms with Crippen molar-refractivity contribution in [3.05, 3.63) is 26.2 Å². The van der Waals surface area contributed by atoms with E-state index in [1.54, 1.807) is 0 Å². The van der Waals surface area contributed by atoms with E-state index < -0.39 is 0 Å². The molecule has 2 aliphatic rings. The van der Waals surface area contributed by atoms with Crippen LogP contribution < -0.4 is 4.90 Å². The number of benzene rings is 1. The van der Waals surface area contributed by atoms with E-state index in [1.165, 1.54) is 39.7 Å². The fraction of sp³-hybridized carbons (Fsp3) is 0.455. The summed E-state index contributed by atoms with van der Waals surface area (Å²) in [5.41, 5.74) is 2.13. The van der Waals surface area contributed by atoms with Crippen molar-refractivity contribution in [1.82, 2.24) is 0 Å². The molecule has 0 radical (unpaired) electrons. The highest BCUT2D eigenvalue weighted by molar-refractivity contribution is 14.1. The Morgan fingerprint density at radius 2 is 2.00 bits per heavy atom. The van der Waals surface area contributed by atoms with Crippen LogP contribution in [0.4, 0.5) is 5.69 Å². The summed E-state index contributed by atoms with van der Waals surface area (Å²) in [6.45, 7) is 2.56. The van der Waals surface area contributed by atoms with Gasteiger partial charge in [-0.15, -0.1) is 0 Å². The maximum atomic E-state index is 3.53. The Kier molecular flexibility index (Phi) is 2.10. The lowest BCUT2D eigenvalue weighted by molar-refractivity contribution is 0.387. The molecular weight excluding hydrogens is 353 g/mol. The summed E-state index contributed by atoms with van der Waals surface area (Å²) < 4.78 is 2.50. The molecule has 3 rings (SSSR count). The van der Waals surface area contributed by atoms with Crippen molar-refractivity contribution < 1.29 is 0 Å². The van der Waals surface area contributed by atoms with Gasteiger partial charge in [0.1, 0.15) is 0 Å². The van der Waals surface area contributed by atoms with E-state index in [-0.39, 0.29) is 0 Å². The summed E-state index contributed by atoms with van der Waals surface area (Å²) in [5, 5.41) is 0. The predicted octanol–water partition coefficient (Wildman–Crippen LogP) is 3.65. The van der Waals surface area contributed by atoms with Crippen LogP contribution in [0.3, 0.4) is 0 Å². The number of anilines is 1. The van der Waals surface area contributed by atoms with Gasteiger partial charge in [-0.3, -0.25) is 0 Å². The topological polar surface area (TPSA) is 3.24 Å². The zero-order chi connectivity index (χ0) is 9.76. The van der Waals surface area contributed by atoms with Crippen molar-refractivity contribution in [3.8, 4) is 0 Å². The summed E-state index contributed by atoms with van der Waals surface area (Å²) in [6, 6.07) is 6.62. The SMILES string of the molecule is Brc1ccc(N2CC3(CC3)C2)cc1I. The van der Waals surface area contributed by atoms with E-state index >= 15 is 0 Å². The van der Waals surface area contributed by atoms with Crippen LogP contribution >= 0.6 is 38.5 Å². The van der Waals surface area contributed by atoms with Gasteiger partial charge >= 0.3 is 0 Å². The molecule has 0 bridgehead atoms. The first-order valence-electron chi connectivity index (χ1n) is 4.89. The van der Waals surface area contributed by atoms with Gasteiger partial charge in [-0.25, -0.2) is 0 Å². The van der Waals surface area contributed by atoms with Crippen molar-refractivity contribution in [2.75, 3.05) is 18.0 Å². The Hall–Kier alpha value is 0.230. The first-order chi connectivity index (χ1) is 6.69. The largest absolute Gasteiger partial charge is 0.370 e. The lowest BCUT2D eigenvalue weighted by Crippen LogP contribution is -2.48. The molecule has 1 nitrogen and oxygen atoms in total. The molecular formula is C11H11BrIN. The second-order valence-corrected chi connectivity index (χ2v) is 6.47. The van der Waals surface area contributed by atoms with Crippen LogP contribution in [-0.2, 0) is 0 Å². The van der Waals surface area contributed by atoms with E-state index in [0.717, 1.165) is 5.41 Å². The predicted molar refractivity (Wildman–Crippen MR) is 70.7 cm³/mol. The van der Waals surface area contributed by atoms with Crippen LogP contribution in [0.15, 0.2) is 22.7 Å². The van der Waals surface area contributed by atoms with Crippen LogP contribution in [0.5, 0.6) is 0 Å². The Morgan fingerprint density at radius 3 is 2.57 bits per heavy atom. The highest BCUT2D eigenvalue weighted by Crippen LogP contribution is 2.53. The van der Waals surface area contributed by atoms with E-state index in [9.17, 15) is 0 Å². The smallest absolute Gasteiger partial charge is 0.0378 e. The minimum atomic E-state index is 0.749. The second kappa shape index (κ2) is 3.11. The molecule has 14 heavy (non-hydrogen) atoms. The molecule has 2 fully saturated rings. The Labute approximate surface area is 106 Å². The first kappa shape index (κ1) is 9.46. The minimum absolute atomic E-state index is 0.749. The summed E-state index contributed by atoms with van der Waals surface area (Å²) in [6.07, 6.45) is 2.91. The third kappa shape index (κ3) is 1.48. The maximum absolute atomic E-state index is 3.53. The number of halogens is 2. The highest BCUT2D eigenvalue weighted by atomic mass is 127. The zero-order valence-corrected chi connectivity index (χ0v) is 11.5. The van der Waals surface area contributed by atoms with Crippen molar-refractivity contribution in [2.24, 2.45) is 5.41 Å². The number of hydrogen-bond donors (Lipinski definition) is 0. The lowest BCUT2D eigenvalue weighted by atomic mass is 9.96. The second-order valence-electron chi connectivity index (χ2n) is 4.45. The maximum Gasteiger partial charge on any atom is 0.0378 e. The average Bonchev–Trinajstić information content (AvgIpc) is 2.87. The quantitative estimate of drug-likeness (QED) is 0.688. The van der Waals surface area contributed by atoms with Gasteiger partial charge in [-0.2, -0.15) is 0 Å². The Morgan fingerprint density at radius 1 is 1.29 bits per heavy atom. The van der Waals surface area contributed by atoms with Gasteiger partial charge in [-0.05, 0) is 69.6 Å². The molecule has 1 saturated carbocycles. The molecule has 0 N–H and O–H groups in total. The average molecular weight is 364 g/mol. The van der Waals surface area contributed by atoms with Gasteiger partial charge in [0.2, 0.25) is 0 Å². The molecule has 1 aliphatic carbocycles. The zero-order valence-electron chi connectivity index (χ0n) is 7.76. The summed E-state index contributed by atoms with van der Waals surface area (Å²) in [7, 11) is 0. The molecule has 74 valence electrons. The van der Waals surface area contributed by atoms with E-state index in [1.807, 2.05) is 0 Å². The third-order valence-corrected chi connectivity index (χ3v) is 5.60. The number of nitrogens with zero attached hydrogens (tertiary/aromatic N) is 1. The van der Waals surface area contributed by atoms with Gasteiger partial charge < -0.3 is 4.90 Å². The monoisotopic (exact) mass is 363 g/mol. The molecule has 3 heteroatoms. The molecule has 0 amide bonds. The van der Waals surface area contributed by atoms with Crippen LogP contribution in [0, 0.1) is 8.99 Å². The normalized spacial score (nSPS) is 22.3. The Balaban J connectivity index is 1.80. The first-order valence-corrected chi connectivity index (χ1v) is 6.76. The van der Waals surface area contributed by atoms with Crippen molar-refractivity contribution >= 4 is 44.2 Å². The molecule has 0 atom stereocenters. The minimum Gasteiger partial charge on any atom is -0.370 e. The standard InChI is InChI=1S/C11H11BrIN/c12-9-2-1-8(5-10(9)13)14-6-11(7-14)3-4-11/h1-2,5H,3-4,6-7H2. The van der Waals surface area contributed by atoms with Gasteiger partial charge in [0.05, 0.1) is 0 Å². The lowest BCUT2D eigenvalue weighted by Gasteiger charge is -2.42. The summed E-state index contributed by atoms with van der Waals surface area (Å²) in [4.78, 5) is 2.49. The Bertz CT molecular complexity index is 379. The van der Waals surface area contributed by atoms with Gasteiger partial charge in [0, 0.05) is 32.2 Å². The van der Waals surface area contributed by atoms with Gasteiger partial charge in [0.15, 0.2) is 0 Å². The molecule has 1 aliphatic heterocycles. The molecule has 1 spiro atoms. The molecule has 1 saturated heterocycles. The molecule has 1 aromatic carbocycles. The van der Waals surface area contributed by atoms with Crippen LogP contribution in [0.2, 0.25) is 0 Å². The molecule has 0 aromatic heterocycles. The highest BCUT2D eigenvalue weighted by Gasteiger charge is 2.52. The molecule has 1 heterocycles. The number of hydrogen-bond acceptors (Lipinski definition) is 1. The molecule has 0 unspecified atom stereocenters. The van der Waals surface area contributed by atoms with Crippen molar-refractivity contribution in [1.29, 1.82) is 0 Å². The van der Waals surface area contributed by atoms with Crippen LogP contribution in [0.25, 0.3) is 0 Å². The molecule has 1 aromatic rings. The summed E-state index contributed by atoms with van der Waals surface area (Å²) in [5.74, 6) is 0.